The fourth-order valence-corrected chi connectivity index (χ4v) is 4.44. The maximum absolute atomic E-state index is 10.9. The summed E-state index contributed by atoms with van der Waals surface area (Å²) in [6.45, 7) is 0. The Morgan fingerprint density at radius 3 is 2.08 bits per heavy atom. The first-order valence-electron chi connectivity index (χ1n) is 6.96. The molecule has 8 nitrogen and oxygen atoms in total. The van der Waals surface area contributed by atoms with Gasteiger partial charge in [-0.25, -0.2) is 0 Å². The van der Waals surface area contributed by atoms with Crippen molar-refractivity contribution in [2.75, 3.05) is 0 Å². The van der Waals surface area contributed by atoms with Crippen LogP contribution in [0.3, 0.4) is 0 Å². The number of benzene rings is 2. The second-order valence-electron chi connectivity index (χ2n) is 5.12. The van der Waals surface area contributed by atoms with Gasteiger partial charge in [0.1, 0.15) is 17.5 Å². The Kier molecular flexibility index (Phi) is 7.06. The van der Waals surface area contributed by atoms with Crippen LogP contribution in [0.2, 0.25) is 0 Å². The van der Waals surface area contributed by atoms with Gasteiger partial charge in [0.15, 0.2) is 5.75 Å². The second kappa shape index (κ2) is 8.69. The third-order valence-electron chi connectivity index (χ3n) is 3.08. The minimum Gasteiger partial charge on any atom is -0.480 e. The third kappa shape index (κ3) is 6.22. The van der Waals surface area contributed by atoms with Crippen LogP contribution in [0.5, 0.6) is 17.2 Å². The van der Waals surface area contributed by atoms with Crippen molar-refractivity contribution in [2.45, 2.75) is 12.5 Å². The molecular formula is C15H13I2NO7S. The molecule has 26 heavy (non-hydrogen) atoms. The van der Waals surface area contributed by atoms with Crippen LogP contribution >= 0.6 is 45.2 Å². The number of carbonyl (C=O) groups is 1. The maximum Gasteiger partial charge on any atom is 0.446 e. The van der Waals surface area contributed by atoms with Crippen molar-refractivity contribution >= 4 is 61.6 Å². The predicted molar refractivity (Wildman–Crippen MR) is 110 cm³/mol. The third-order valence-corrected chi connectivity index (χ3v) is 5.08. The summed E-state index contributed by atoms with van der Waals surface area (Å²) in [6, 6.07) is 8.24. The summed E-state index contributed by atoms with van der Waals surface area (Å²) in [6.07, 6.45) is 0.198. The maximum atomic E-state index is 10.9. The summed E-state index contributed by atoms with van der Waals surface area (Å²) < 4.78 is 41.7. The van der Waals surface area contributed by atoms with E-state index in [0.29, 0.717) is 11.5 Å². The summed E-state index contributed by atoms with van der Waals surface area (Å²) in [5.74, 6) is -0.120. The molecule has 0 aliphatic carbocycles. The van der Waals surface area contributed by atoms with Crippen molar-refractivity contribution in [1.29, 1.82) is 0 Å². The molecule has 0 saturated carbocycles. The first kappa shape index (κ1) is 21.1. The van der Waals surface area contributed by atoms with Gasteiger partial charge in [-0.3, -0.25) is 9.35 Å². The van der Waals surface area contributed by atoms with E-state index < -0.39 is 22.4 Å². The zero-order valence-corrected chi connectivity index (χ0v) is 18.1. The van der Waals surface area contributed by atoms with Crippen molar-refractivity contribution in [3.63, 3.8) is 0 Å². The molecule has 0 aliphatic heterocycles. The van der Waals surface area contributed by atoms with Crippen molar-refractivity contribution in [1.82, 2.24) is 0 Å². The molecular weight excluding hydrogens is 592 g/mol. The largest absolute Gasteiger partial charge is 0.480 e. The van der Waals surface area contributed by atoms with Crippen LogP contribution in [-0.2, 0) is 21.6 Å². The Hall–Kier alpha value is -1.16. The summed E-state index contributed by atoms with van der Waals surface area (Å²) in [4.78, 5) is 10.9. The van der Waals surface area contributed by atoms with E-state index in [0.717, 1.165) is 12.7 Å². The molecule has 0 unspecified atom stereocenters. The van der Waals surface area contributed by atoms with Gasteiger partial charge in [-0.2, -0.15) is 8.42 Å². The summed E-state index contributed by atoms with van der Waals surface area (Å²) in [7, 11) is -4.58. The Morgan fingerprint density at radius 1 is 1.12 bits per heavy atom. The SMILES string of the molecule is N[C@@H](Cc1cc(I)c(Oc2ccc(OS(=O)(=O)O)cc2)c(I)c1)C(=O)O. The molecule has 0 aliphatic rings. The molecule has 0 saturated heterocycles. The lowest BCUT2D eigenvalue weighted by Crippen LogP contribution is -2.32. The summed E-state index contributed by atoms with van der Waals surface area (Å²) >= 11 is 4.14. The summed E-state index contributed by atoms with van der Waals surface area (Å²) in [5, 5.41) is 8.91. The van der Waals surface area contributed by atoms with E-state index in [1.54, 1.807) is 12.1 Å². The number of carboxylic acids is 1. The highest BCUT2D eigenvalue weighted by Crippen LogP contribution is 2.33. The van der Waals surface area contributed by atoms with Gasteiger partial charge in [-0.05, 0) is 93.6 Å². The second-order valence-corrected chi connectivity index (χ2v) is 8.47. The number of hydrogen-bond acceptors (Lipinski definition) is 6. The van der Waals surface area contributed by atoms with Gasteiger partial charge in [0.2, 0.25) is 0 Å². The van der Waals surface area contributed by atoms with Crippen molar-refractivity contribution in [2.24, 2.45) is 5.73 Å². The molecule has 0 aromatic heterocycles. The zero-order valence-electron chi connectivity index (χ0n) is 12.9. The average molecular weight is 605 g/mol. The molecule has 0 amide bonds. The molecule has 0 bridgehead atoms. The van der Waals surface area contributed by atoms with Crippen LogP contribution < -0.4 is 14.7 Å². The number of nitrogens with two attached hydrogens (primary N) is 1. The quantitative estimate of drug-likeness (QED) is 0.324. The molecule has 2 aromatic rings. The van der Waals surface area contributed by atoms with Gasteiger partial charge in [0.05, 0.1) is 7.14 Å². The average Bonchev–Trinajstić information content (AvgIpc) is 2.51. The van der Waals surface area contributed by atoms with Gasteiger partial charge in [-0.1, -0.05) is 0 Å². The lowest BCUT2D eigenvalue weighted by atomic mass is 10.1. The lowest BCUT2D eigenvalue weighted by molar-refractivity contribution is -0.138. The molecule has 0 spiro atoms. The van der Waals surface area contributed by atoms with E-state index in [2.05, 4.69) is 49.4 Å². The fraction of sp³-hybridized carbons (Fsp3) is 0.133. The first-order chi connectivity index (χ1) is 12.0. The number of ether oxygens (including phenoxy) is 1. The first-order valence-corrected chi connectivity index (χ1v) is 10.5. The highest BCUT2D eigenvalue weighted by atomic mass is 127. The van der Waals surface area contributed by atoms with E-state index in [1.165, 1.54) is 24.3 Å². The summed E-state index contributed by atoms with van der Waals surface area (Å²) in [5.41, 5.74) is 6.34. The van der Waals surface area contributed by atoms with Crippen molar-refractivity contribution < 1.29 is 31.8 Å². The van der Waals surface area contributed by atoms with Crippen LogP contribution in [0.25, 0.3) is 0 Å². The Balaban J connectivity index is 2.18. The van der Waals surface area contributed by atoms with Gasteiger partial charge >= 0.3 is 16.4 Å². The van der Waals surface area contributed by atoms with E-state index >= 15 is 0 Å². The van der Waals surface area contributed by atoms with Crippen LogP contribution in [0.1, 0.15) is 5.56 Å². The van der Waals surface area contributed by atoms with Gasteiger partial charge in [0, 0.05) is 0 Å². The highest BCUT2D eigenvalue weighted by Gasteiger charge is 2.16. The Labute approximate surface area is 176 Å². The lowest BCUT2D eigenvalue weighted by Gasteiger charge is -2.13. The number of carboxylic acid groups (broad SMARTS) is 1. The minimum absolute atomic E-state index is 0.0535. The molecule has 1 atom stereocenters. The van der Waals surface area contributed by atoms with E-state index in [1.807, 2.05) is 0 Å². The van der Waals surface area contributed by atoms with Crippen LogP contribution in [0, 0.1) is 7.14 Å². The molecule has 2 rings (SSSR count). The monoisotopic (exact) mass is 605 g/mol. The molecule has 11 heteroatoms. The van der Waals surface area contributed by atoms with E-state index in [4.69, 9.17) is 20.1 Å². The Morgan fingerprint density at radius 2 is 1.62 bits per heavy atom. The van der Waals surface area contributed by atoms with E-state index in [-0.39, 0.29) is 12.2 Å². The van der Waals surface area contributed by atoms with Crippen LogP contribution in [0.15, 0.2) is 36.4 Å². The zero-order chi connectivity index (χ0) is 19.5. The number of halogens is 2. The van der Waals surface area contributed by atoms with E-state index in [9.17, 15) is 13.2 Å². The molecule has 140 valence electrons. The molecule has 0 heterocycles. The number of aliphatic carboxylic acids is 1. The van der Waals surface area contributed by atoms with Gasteiger partial charge in [0.25, 0.3) is 0 Å². The number of rotatable bonds is 7. The fourth-order valence-electron chi connectivity index (χ4n) is 1.97. The molecule has 0 fully saturated rings. The highest BCUT2D eigenvalue weighted by molar-refractivity contribution is 14.1. The van der Waals surface area contributed by atoms with Crippen LogP contribution in [-0.4, -0.2) is 30.1 Å². The van der Waals surface area contributed by atoms with Gasteiger partial charge < -0.3 is 19.8 Å². The standard InChI is InChI=1S/C15H13I2NO7S/c16-11-5-8(7-13(18)15(19)20)6-12(17)14(11)24-9-1-3-10(4-2-9)25-26(21,22)23/h1-6,13H,7,18H2,(H,19,20)(H,21,22,23)/t13-/m0/s1. The minimum atomic E-state index is -4.58. The van der Waals surface area contributed by atoms with Crippen molar-refractivity contribution in [3.05, 3.63) is 49.1 Å². The Bertz CT molecular complexity index is 893. The van der Waals surface area contributed by atoms with Gasteiger partial charge in [-0.15, -0.1) is 0 Å². The molecule has 4 N–H and O–H groups in total. The molecule has 2 aromatic carbocycles. The molecule has 0 radical (unpaired) electrons. The van der Waals surface area contributed by atoms with Crippen LogP contribution in [0.4, 0.5) is 0 Å². The normalized spacial score (nSPS) is 12.5. The predicted octanol–water partition coefficient (Wildman–Crippen LogP) is 2.82. The smallest absolute Gasteiger partial charge is 0.446 e. The topological polar surface area (TPSA) is 136 Å². The van der Waals surface area contributed by atoms with Crippen molar-refractivity contribution in [3.8, 4) is 17.2 Å². The number of hydrogen-bond donors (Lipinski definition) is 3.